The Labute approximate surface area is 192 Å². The number of methoxy groups -OCH3 is 1. The Hall–Kier alpha value is -3.19. The molecule has 166 valence electrons. The van der Waals surface area contributed by atoms with Gasteiger partial charge in [0.1, 0.15) is 5.75 Å². The Balaban J connectivity index is 1.33. The number of piperidine rings is 1. The third kappa shape index (κ3) is 3.46. The molecule has 5 rings (SSSR count). The predicted octanol–water partition coefficient (Wildman–Crippen LogP) is 4.34. The fourth-order valence-corrected chi connectivity index (χ4v) is 5.28. The molecule has 2 saturated heterocycles. The summed E-state index contributed by atoms with van der Waals surface area (Å²) in [5.74, 6) is 0.934. The first-order valence-electron chi connectivity index (χ1n) is 10.8. The molecule has 3 N–H and O–H groups in total. The molecule has 2 aliphatic rings. The molecule has 2 aromatic carbocycles. The monoisotopic (exact) mass is 451 g/mol. The van der Waals surface area contributed by atoms with E-state index in [2.05, 4.69) is 15.1 Å². The van der Waals surface area contributed by atoms with Crippen LogP contribution in [0.15, 0.2) is 48.8 Å². The number of ether oxygens (including phenoxy) is 1. The van der Waals surface area contributed by atoms with Crippen LogP contribution >= 0.6 is 11.6 Å². The standard InChI is InChI=1S/C24H26ClN5O2/c1-32-22-13-18(3-4-19(22)16-14-27-28-15-16)30-11-8-24(23(30)31)6-9-29(10-7-24)21-5-2-17(26)12-20(21)25/h2-5,12-15H,6-11,26H2,1H3,(H,27,28). The van der Waals surface area contributed by atoms with E-state index in [9.17, 15) is 4.79 Å². The van der Waals surface area contributed by atoms with Gasteiger partial charge in [-0.3, -0.25) is 9.89 Å². The average Bonchev–Trinajstić information content (AvgIpc) is 3.44. The maximum Gasteiger partial charge on any atom is 0.233 e. The van der Waals surface area contributed by atoms with Gasteiger partial charge in [-0.1, -0.05) is 11.6 Å². The number of amides is 1. The van der Waals surface area contributed by atoms with Gasteiger partial charge in [0, 0.05) is 54.4 Å². The smallest absolute Gasteiger partial charge is 0.233 e. The van der Waals surface area contributed by atoms with Crippen LogP contribution in [0.25, 0.3) is 11.1 Å². The summed E-state index contributed by atoms with van der Waals surface area (Å²) in [4.78, 5) is 17.7. The number of nitrogens with zero attached hydrogens (tertiary/aromatic N) is 3. The summed E-state index contributed by atoms with van der Waals surface area (Å²) in [6, 6.07) is 11.5. The molecule has 0 saturated carbocycles. The van der Waals surface area contributed by atoms with Crippen LogP contribution in [0.5, 0.6) is 5.75 Å². The molecule has 0 radical (unpaired) electrons. The van der Waals surface area contributed by atoms with Crippen molar-refractivity contribution in [3.8, 4) is 16.9 Å². The molecule has 0 atom stereocenters. The average molecular weight is 452 g/mol. The quantitative estimate of drug-likeness (QED) is 0.576. The van der Waals surface area contributed by atoms with Crippen molar-refractivity contribution < 1.29 is 9.53 Å². The lowest BCUT2D eigenvalue weighted by Gasteiger charge is -2.39. The van der Waals surface area contributed by atoms with E-state index in [1.807, 2.05) is 41.4 Å². The third-order valence-electron chi connectivity index (χ3n) is 6.85. The first-order chi connectivity index (χ1) is 15.5. The topological polar surface area (TPSA) is 87.5 Å². The summed E-state index contributed by atoms with van der Waals surface area (Å²) in [6.45, 7) is 2.31. The summed E-state index contributed by atoms with van der Waals surface area (Å²) in [6.07, 6.45) is 6.07. The summed E-state index contributed by atoms with van der Waals surface area (Å²) in [5.41, 5.74) is 9.93. The first kappa shape index (κ1) is 20.7. The third-order valence-corrected chi connectivity index (χ3v) is 7.15. The molecule has 1 spiro atoms. The highest BCUT2D eigenvalue weighted by molar-refractivity contribution is 6.33. The van der Waals surface area contributed by atoms with Crippen molar-refractivity contribution in [1.29, 1.82) is 0 Å². The fraction of sp³-hybridized carbons (Fsp3) is 0.333. The van der Waals surface area contributed by atoms with Gasteiger partial charge in [0.05, 0.1) is 29.4 Å². The van der Waals surface area contributed by atoms with Crippen LogP contribution in [-0.4, -0.2) is 42.8 Å². The van der Waals surface area contributed by atoms with Crippen LogP contribution < -0.4 is 20.3 Å². The molecule has 32 heavy (non-hydrogen) atoms. The Morgan fingerprint density at radius 2 is 1.91 bits per heavy atom. The van der Waals surface area contributed by atoms with E-state index in [1.54, 1.807) is 19.4 Å². The van der Waals surface area contributed by atoms with Crippen molar-refractivity contribution in [2.24, 2.45) is 5.41 Å². The Morgan fingerprint density at radius 3 is 2.59 bits per heavy atom. The predicted molar refractivity (Wildman–Crippen MR) is 127 cm³/mol. The van der Waals surface area contributed by atoms with Crippen molar-refractivity contribution in [3.05, 3.63) is 53.8 Å². The molecular formula is C24H26ClN5O2. The van der Waals surface area contributed by atoms with Crippen molar-refractivity contribution in [2.75, 3.05) is 42.3 Å². The van der Waals surface area contributed by atoms with Gasteiger partial charge in [0.15, 0.2) is 0 Å². The Morgan fingerprint density at radius 1 is 1.12 bits per heavy atom. The number of carbonyl (C=O) groups is 1. The molecule has 1 amide bonds. The van der Waals surface area contributed by atoms with E-state index < -0.39 is 0 Å². The largest absolute Gasteiger partial charge is 0.496 e. The zero-order chi connectivity index (χ0) is 22.3. The van der Waals surface area contributed by atoms with Gasteiger partial charge in [0.2, 0.25) is 5.91 Å². The molecule has 0 bridgehead atoms. The van der Waals surface area contributed by atoms with Crippen molar-refractivity contribution in [2.45, 2.75) is 19.3 Å². The molecule has 2 fully saturated rings. The number of nitrogens with two attached hydrogens (primary N) is 1. The Bertz CT molecular complexity index is 1140. The summed E-state index contributed by atoms with van der Waals surface area (Å²) in [7, 11) is 1.65. The van der Waals surface area contributed by atoms with E-state index >= 15 is 0 Å². The highest BCUT2D eigenvalue weighted by Crippen LogP contribution is 2.45. The maximum absolute atomic E-state index is 13.6. The minimum absolute atomic E-state index is 0.207. The number of halogens is 1. The minimum Gasteiger partial charge on any atom is -0.496 e. The zero-order valence-corrected chi connectivity index (χ0v) is 18.7. The number of H-pyrrole nitrogens is 1. The van der Waals surface area contributed by atoms with Gasteiger partial charge >= 0.3 is 0 Å². The van der Waals surface area contributed by atoms with E-state index in [0.717, 1.165) is 67.1 Å². The summed E-state index contributed by atoms with van der Waals surface area (Å²) in [5, 5.41) is 7.50. The van der Waals surface area contributed by atoms with E-state index in [0.29, 0.717) is 10.7 Å². The lowest BCUT2D eigenvalue weighted by atomic mass is 9.77. The number of anilines is 3. The molecule has 3 aromatic rings. The normalized spacial score (nSPS) is 17.9. The number of hydrogen-bond acceptors (Lipinski definition) is 5. The number of carbonyl (C=O) groups excluding carboxylic acids is 1. The number of hydrogen-bond donors (Lipinski definition) is 2. The molecular weight excluding hydrogens is 426 g/mol. The summed E-state index contributed by atoms with van der Waals surface area (Å²) >= 11 is 6.41. The van der Waals surface area contributed by atoms with Crippen LogP contribution in [-0.2, 0) is 4.79 Å². The molecule has 8 heteroatoms. The number of nitrogen functional groups attached to an aromatic ring is 1. The summed E-state index contributed by atoms with van der Waals surface area (Å²) < 4.78 is 5.62. The van der Waals surface area contributed by atoms with Crippen LogP contribution in [0.2, 0.25) is 5.02 Å². The lowest BCUT2D eigenvalue weighted by Crippen LogP contribution is -2.45. The van der Waals surface area contributed by atoms with Gasteiger partial charge in [0.25, 0.3) is 0 Å². The van der Waals surface area contributed by atoms with E-state index in [-0.39, 0.29) is 11.3 Å². The van der Waals surface area contributed by atoms with Gasteiger partial charge in [-0.15, -0.1) is 0 Å². The lowest BCUT2D eigenvalue weighted by molar-refractivity contribution is -0.126. The fourth-order valence-electron chi connectivity index (χ4n) is 4.97. The van der Waals surface area contributed by atoms with Gasteiger partial charge in [-0.25, -0.2) is 0 Å². The second-order valence-corrected chi connectivity index (χ2v) is 8.96. The number of aromatic amines is 1. The molecule has 1 aromatic heterocycles. The number of aromatic nitrogens is 2. The van der Waals surface area contributed by atoms with E-state index in [1.165, 1.54) is 0 Å². The van der Waals surface area contributed by atoms with Gasteiger partial charge in [-0.2, -0.15) is 5.10 Å². The highest BCUT2D eigenvalue weighted by Gasteiger charge is 2.48. The molecule has 2 aliphatic heterocycles. The molecule has 0 unspecified atom stereocenters. The first-order valence-corrected chi connectivity index (χ1v) is 11.2. The number of benzene rings is 2. The molecule has 7 nitrogen and oxygen atoms in total. The van der Waals surface area contributed by atoms with Crippen LogP contribution in [0.4, 0.5) is 17.1 Å². The van der Waals surface area contributed by atoms with Gasteiger partial charge < -0.3 is 20.3 Å². The van der Waals surface area contributed by atoms with Gasteiger partial charge in [-0.05, 0) is 49.6 Å². The highest BCUT2D eigenvalue weighted by atomic mass is 35.5. The Kier molecular flexibility index (Phi) is 5.21. The zero-order valence-electron chi connectivity index (χ0n) is 18.0. The maximum atomic E-state index is 13.6. The van der Waals surface area contributed by atoms with Crippen molar-refractivity contribution >= 4 is 34.6 Å². The van der Waals surface area contributed by atoms with Crippen LogP contribution in [0, 0.1) is 5.41 Å². The minimum atomic E-state index is -0.312. The number of nitrogens with one attached hydrogen (secondary N) is 1. The van der Waals surface area contributed by atoms with E-state index in [4.69, 9.17) is 22.1 Å². The molecule has 0 aliphatic carbocycles. The second-order valence-electron chi connectivity index (χ2n) is 8.56. The second kappa shape index (κ2) is 8.06. The van der Waals surface area contributed by atoms with Crippen LogP contribution in [0.3, 0.4) is 0 Å². The number of rotatable bonds is 4. The SMILES string of the molecule is COc1cc(N2CCC3(CCN(c4ccc(N)cc4Cl)CC3)C2=O)ccc1-c1cn[nH]c1. The molecule has 3 heterocycles. The van der Waals surface area contributed by atoms with Crippen molar-refractivity contribution in [3.63, 3.8) is 0 Å². The van der Waals surface area contributed by atoms with Crippen LogP contribution in [0.1, 0.15) is 19.3 Å². The van der Waals surface area contributed by atoms with Crippen molar-refractivity contribution in [1.82, 2.24) is 10.2 Å².